The second-order valence-electron chi connectivity index (χ2n) is 4.21. The van der Waals surface area contributed by atoms with Crippen molar-refractivity contribution in [2.75, 3.05) is 13.1 Å². The van der Waals surface area contributed by atoms with Gasteiger partial charge in [-0.05, 0) is 12.5 Å². The van der Waals surface area contributed by atoms with E-state index in [-0.39, 0.29) is 25.2 Å². The molecule has 4 nitrogen and oxygen atoms in total. The Bertz CT molecular complexity index is 510. The summed E-state index contributed by atoms with van der Waals surface area (Å²) in [6, 6.07) is 4.01. The molecule has 98 valence electrons. The first-order valence-electron chi connectivity index (χ1n) is 5.43. The third kappa shape index (κ3) is 2.55. The molecule has 1 N–H and O–H groups in total. The normalized spacial score (nSPS) is 20.2. The van der Waals surface area contributed by atoms with Gasteiger partial charge in [-0.25, -0.2) is 0 Å². The van der Waals surface area contributed by atoms with Gasteiger partial charge in [-0.1, -0.05) is 6.07 Å². The summed E-state index contributed by atoms with van der Waals surface area (Å²) in [5.74, 6) is -2.05. The standard InChI is InChI=1S/C11H11F3N2O2/c12-11(13,14)7-4-5-16(6-7)10(18)8-2-1-3-9(17)15-8/h1-3,7H,4-6H2,(H,15,17). The molecule has 1 aliphatic rings. The molecular weight excluding hydrogens is 249 g/mol. The Kier molecular flexibility index (Phi) is 3.14. The highest BCUT2D eigenvalue weighted by Gasteiger charge is 2.44. The molecule has 0 aromatic carbocycles. The van der Waals surface area contributed by atoms with Gasteiger partial charge in [-0.15, -0.1) is 0 Å². The second kappa shape index (κ2) is 4.47. The van der Waals surface area contributed by atoms with Crippen LogP contribution >= 0.6 is 0 Å². The number of pyridine rings is 1. The zero-order valence-electron chi connectivity index (χ0n) is 9.33. The SMILES string of the molecule is O=C(c1cccc(=O)[nH]1)N1CCC(C(F)(F)F)C1. The van der Waals surface area contributed by atoms with Crippen molar-refractivity contribution in [3.63, 3.8) is 0 Å². The molecule has 0 saturated carbocycles. The lowest BCUT2D eigenvalue weighted by Gasteiger charge is -2.17. The van der Waals surface area contributed by atoms with E-state index >= 15 is 0 Å². The van der Waals surface area contributed by atoms with Gasteiger partial charge in [0.15, 0.2) is 0 Å². The molecule has 1 aromatic rings. The minimum absolute atomic E-state index is 0.0188. The van der Waals surface area contributed by atoms with E-state index in [1.807, 2.05) is 0 Å². The van der Waals surface area contributed by atoms with Crippen molar-refractivity contribution in [1.82, 2.24) is 9.88 Å². The summed E-state index contributed by atoms with van der Waals surface area (Å²) in [5.41, 5.74) is -0.433. The topological polar surface area (TPSA) is 53.2 Å². The molecule has 0 spiro atoms. The molecule has 2 heterocycles. The summed E-state index contributed by atoms with van der Waals surface area (Å²) < 4.78 is 37.4. The summed E-state index contributed by atoms with van der Waals surface area (Å²) >= 11 is 0. The van der Waals surface area contributed by atoms with Crippen LogP contribution in [-0.4, -0.2) is 35.1 Å². The minimum atomic E-state index is -4.28. The number of alkyl halides is 3. The van der Waals surface area contributed by atoms with E-state index in [9.17, 15) is 22.8 Å². The number of aromatic amines is 1. The molecule has 18 heavy (non-hydrogen) atoms. The zero-order valence-corrected chi connectivity index (χ0v) is 9.33. The molecule has 1 aliphatic heterocycles. The zero-order chi connectivity index (χ0) is 13.3. The van der Waals surface area contributed by atoms with Gasteiger partial charge >= 0.3 is 6.18 Å². The molecule has 0 aliphatic carbocycles. The molecule has 0 radical (unpaired) electrons. The smallest absolute Gasteiger partial charge is 0.337 e. The van der Waals surface area contributed by atoms with E-state index in [1.54, 1.807) is 0 Å². The highest BCUT2D eigenvalue weighted by Crippen LogP contribution is 2.33. The number of hydrogen-bond acceptors (Lipinski definition) is 2. The van der Waals surface area contributed by atoms with Crippen molar-refractivity contribution in [3.8, 4) is 0 Å². The number of carbonyl (C=O) groups excluding carboxylic acids is 1. The van der Waals surface area contributed by atoms with Crippen molar-refractivity contribution in [1.29, 1.82) is 0 Å². The average molecular weight is 260 g/mol. The summed E-state index contributed by atoms with van der Waals surface area (Å²) in [6.45, 7) is -0.292. The summed E-state index contributed by atoms with van der Waals surface area (Å²) in [4.78, 5) is 26.3. The van der Waals surface area contributed by atoms with Crippen LogP contribution in [0.15, 0.2) is 23.0 Å². The van der Waals surface area contributed by atoms with Crippen molar-refractivity contribution in [2.24, 2.45) is 5.92 Å². The van der Waals surface area contributed by atoms with Crippen LogP contribution < -0.4 is 5.56 Å². The molecule has 1 atom stereocenters. The monoisotopic (exact) mass is 260 g/mol. The number of aromatic nitrogens is 1. The predicted octanol–water partition coefficient (Wildman–Crippen LogP) is 1.40. The molecule has 2 rings (SSSR count). The predicted molar refractivity (Wildman–Crippen MR) is 57.1 cm³/mol. The highest BCUT2D eigenvalue weighted by molar-refractivity contribution is 5.92. The second-order valence-corrected chi connectivity index (χ2v) is 4.21. The lowest BCUT2D eigenvalue weighted by Crippen LogP contribution is -2.33. The summed E-state index contributed by atoms with van der Waals surface area (Å²) in [5, 5.41) is 0. The molecule has 1 aromatic heterocycles. The number of likely N-dealkylation sites (tertiary alicyclic amines) is 1. The van der Waals surface area contributed by atoms with Gasteiger partial charge in [0.1, 0.15) is 5.69 Å². The fourth-order valence-corrected chi connectivity index (χ4v) is 1.95. The first-order valence-corrected chi connectivity index (χ1v) is 5.43. The van der Waals surface area contributed by atoms with E-state index < -0.39 is 23.6 Å². The number of carbonyl (C=O) groups is 1. The van der Waals surface area contributed by atoms with E-state index in [2.05, 4.69) is 4.98 Å². The van der Waals surface area contributed by atoms with Crippen LogP contribution in [0.25, 0.3) is 0 Å². The van der Waals surface area contributed by atoms with Crippen LogP contribution in [0.2, 0.25) is 0 Å². The Balaban J connectivity index is 2.11. The number of nitrogens with one attached hydrogen (secondary N) is 1. The molecule has 0 bridgehead atoms. The van der Waals surface area contributed by atoms with Crippen molar-refractivity contribution < 1.29 is 18.0 Å². The lowest BCUT2D eigenvalue weighted by molar-refractivity contribution is -0.169. The van der Waals surface area contributed by atoms with Crippen molar-refractivity contribution in [2.45, 2.75) is 12.6 Å². The Labute approximate surface area is 100 Å². The third-order valence-corrected chi connectivity index (χ3v) is 2.94. The molecule has 1 fully saturated rings. The van der Waals surface area contributed by atoms with Crippen LogP contribution in [0.4, 0.5) is 13.2 Å². The van der Waals surface area contributed by atoms with Gasteiger partial charge in [0.05, 0.1) is 5.92 Å². The van der Waals surface area contributed by atoms with Crippen molar-refractivity contribution >= 4 is 5.91 Å². The van der Waals surface area contributed by atoms with E-state index in [1.165, 1.54) is 18.2 Å². The lowest BCUT2D eigenvalue weighted by atomic mass is 10.1. The van der Waals surface area contributed by atoms with Crippen LogP contribution in [0, 0.1) is 5.92 Å². The number of amides is 1. The number of halogens is 3. The van der Waals surface area contributed by atoms with E-state index in [0.717, 1.165) is 4.90 Å². The maximum atomic E-state index is 12.5. The summed E-state index contributed by atoms with van der Waals surface area (Å²) in [6.07, 6.45) is -4.37. The minimum Gasteiger partial charge on any atom is -0.337 e. The highest BCUT2D eigenvalue weighted by atomic mass is 19.4. The first kappa shape index (κ1) is 12.7. The maximum absolute atomic E-state index is 12.5. The average Bonchev–Trinajstić information content (AvgIpc) is 2.77. The number of nitrogens with zero attached hydrogens (tertiary/aromatic N) is 1. The molecule has 1 saturated heterocycles. The van der Waals surface area contributed by atoms with Gasteiger partial charge in [-0.2, -0.15) is 13.2 Å². The molecule has 1 unspecified atom stereocenters. The number of rotatable bonds is 1. The Morgan fingerprint density at radius 1 is 1.39 bits per heavy atom. The third-order valence-electron chi connectivity index (χ3n) is 2.94. The van der Waals surface area contributed by atoms with E-state index in [4.69, 9.17) is 0 Å². The van der Waals surface area contributed by atoms with Crippen LogP contribution in [0.1, 0.15) is 16.9 Å². The van der Waals surface area contributed by atoms with E-state index in [0.29, 0.717) is 0 Å². The van der Waals surface area contributed by atoms with Crippen LogP contribution in [0.5, 0.6) is 0 Å². The van der Waals surface area contributed by atoms with Gasteiger partial charge in [0.2, 0.25) is 5.56 Å². The number of H-pyrrole nitrogens is 1. The maximum Gasteiger partial charge on any atom is 0.393 e. The fourth-order valence-electron chi connectivity index (χ4n) is 1.95. The first-order chi connectivity index (χ1) is 8.38. The van der Waals surface area contributed by atoms with Gasteiger partial charge in [-0.3, -0.25) is 9.59 Å². The van der Waals surface area contributed by atoms with Crippen molar-refractivity contribution in [3.05, 3.63) is 34.2 Å². The van der Waals surface area contributed by atoms with Gasteiger partial charge in [0.25, 0.3) is 5.91 Å². The fraction of sp³-hybridized carbons (Fsp3) is 0.455. The summed E-state index contributed by atoms with van der Waals surface area (Å²) in [7, 11) is 0. The molecule has 7 heteroatoms. The molecular formula is C11H11F3N2O2. The van der Waals surface area contributed by atoms with Crippen LogP contribution in [0.3, 0.4) is 0 Å². The van der Waals surface area contributed by atoms with Gasteiger partial charge in [0, 0.05) is 19.2 Å². The Morgan fingerprint density at radius 2 is 2.11 bits per heavy atom. The Morgan fingerprint density at radius 3 is 2.67 bits per heavy atom. The molecule has 1 amide bonds. The van der Waals surface area contributed by atoms with Gasteiger partial charge < -0.3 is 9.88 Å². The Hall–Kier alpha value is -1.79. The van der Waals surface area contributed by atoms with Crippen LogP contribution in [-0.2, 0) is 0 Å². The largest absolute Gasteiger partial charge is 0.393 e. The quantitative estimate of drug-likeness (QED) is 0.829. The number of hydrogen-bond donors (Lipinski definition) is 1.